The van der Waals surface area contributed by atoms with E-state index in [1.807, 2.05) is 78.6 Å². The molecule has 0 amide bonds. The SMILES string of the molecule is COc1ccc(OC)c(N2C(=S)N[C@H](c3ccccn3)[C@@H]2c2ccc(-c3ccc(C)c(Cl)c3)o2)c1. The normalized spacial score (nSPS) is 17.4. The quantitative estimate of drug-likeness (QED) is 0.300. The Morgan fingerprint density at radius 3 is 2.60 bits per heavy atom. The molecule has 0 radical (unpaired) electrons. The number of benzene rings is 2. The molecular formula is C27H24ClN3O3S. The summed E-state index contributed by atoms with van der Waals surface area (Å²) in [4.78, 5) is 6.60. The minimum absolute atomic E-state index is 0.250. The summed E-state index contributed by atoms with van der Waals surface area (Å²) in [6.45, 7) is 1.97. The Balaban J connectivity index is 1.64. The van der Waals surface area contributed by atoms with Crippen molar-refractivity contribution in [2.75, 3.05) is 19.1 Å². The van der Waals surface area contributed by atoms with Crippen LogP contribution in [0.2, 0.25) is 5.02 Å². The second-order valence-corrected chi connectivity index (χ2v) is 8.99. The molecule has 4 aromatic rings. The molecule has 6 nitrogen and oxygen atoms in total. The van der Waals surface area contributed by atoms with Crippen molar-refractivity contribution in [1.29, 1.82) is 0 Å². The summed E-state index contributed by atoms with van der Waals surface area (Å²) < 4.78 is 17.6. The first kappa shape index (κ1) is 23.2. The zero-order valence-electron chi connectivity index (χ0n) is 19.5. The average molecular weight is 506 g/mol. The molecule has 1 aliphatic rings. The van der Waals surface area contributed by atoms with Crippen LogP contribution < -0.4 is 19.7 Å². The van der Waals surface area contributed by atoms with Gasteiger partial charge >= 0.3 is 0 Å². The number of rotatable bonds is 6. The Labute approximate surface area is 214 Å². The van der Waals surface area contributed by atoms with Crippen molar-refractivity contribution < 1.29 is 13.9 Å². The van der Waals surface area contributed by atoms with Gasteiger partial charge in [-0.15, -0.1) is 0 Å². The number of anilines is 1. The second kappa shape index (κ2) is 9.60. The topological polar surface area (TPSA) is 59.8 Å². The summed E-state index contributed by atoms with van der Waals surface area (Å²) >= 11 is 12.2. The summed E-state index contributed by atoms with van der Waals surface area (Å²) in [5.74, 6) is 2.80. The van der Waals surface area contributed by atoms with Gasteiger partial charge in [-0.25, -0.2) is 0 Å². The lowest BCUT2D eigenvalue weighted by Gasteiger charge is -2.27. The molecule has 1 N–H and O–H groups in total. The molecular weight excluding hydrogens is 482 g/mol. The van der Waals surface area contributed by atoms with Gasteiger partial charge in [-0.05, 0) is 67.2 Å². The summed E-state index contributed by atoms with van der Waals surface area (Å²) in [5, 5.41) is 4.67. The lowest BCUT2D eigenvalue weighted by molar-refractivity contribution is 0.400. The van der Waals surface area contributed by atoms with E-state index in [0.717, 1.165) is 34.0 Å². The first-order valence-corrected chi connectivity index (χ1v) is 11.9. The van der Waals surface area contributed by atoms with Gasteiger partial charge in [0.05, 0.1) is 31.6 Å². The van der Waals surface area contributed by atoms with Gasteiger partial charge in [0.1, 0.15) is 29.1 Å². The molecule has 0 unspecified atom stereocenters. The number of hydrogen-bond acceptors (Lipinski definition) is 5. The molecule has 35 heavy (non-hydrogen) atoms. The third-order valence-electron chi connectivity index (χ3n) is 6.12. The van der Waals surface area contributed by atoms with Gasteiger partial charge in [0.15, 0.2) is 5.11 Å². The van der Waals surface area contributed by atoms with E-state index < -0.39 is 0 Å². The maximum atomic E-state index is 6.43. The molecule has 1 saturated heterocycles. The zero-order chi connectivity index (χ0) is 24.5. The van der Waals surface area contributed by atoms with E-state index in [9.17, 15) is 0 Å². The largest absolute Gasteiger partial charge is 0.497 e. The highest BCUT2D eigenvalue weighted by Crippen LogP contribution is 2.46. The summed E-state index contributed by atoms with van der Waals surface area (Å²) in [5.41, 5.74) is 3.53. The van der Waals surface area contributed by atoms with E-state index in [1.54, 1.807) is 20.4 Å². The standard InChI is InChI=1S/C27H24ClN3O3S/c1-16-7-8-17(14-19(16)28)22-11-12-24(34-22)26-25(20-6-4-5-13-29-20)30-27(35)31(26)21-15-18(32-2)9-10-23(21)33-3/h4-15,25-26H,1-3H3,(H,30,35)/t25-,26+/m1/s1. The van der Waals surface area contributed by atoms with E-state index >= 15 is 0 Å². The van der Waals surface area contributed by atoms with Crippen molar-refractivity contribution >= 4 is 34.6 Å². The van der Waals surface area contributed by atoms with Crippen molar-refractivity contribution in [2.45, 2.75) is 19.0 Å². The van der Waals surface area contributed by atoms with E-state index in [1.165, 1.54) is 0 Å². The molecule has 8 heteroatoms. The number of hydrogen-bond donors (Lipinski definition) is 1. The van der Waals surface area contributed by atoms with Crippen molar-refractivity contribution in [2.24, 2.45) is 0 Å². The van der Waals surface area contributed by atoms with Crippen molar-refractivity contribution in [3.05, 3.63) is 95.0 Å². The summed E-state index contributed by atoms with van der Waals surface area (Å²) in [6.07, 6.45) is 1.77. The Morgan fingerprint density at radius 1 is 1.03 bits per heavy atom. The van der Waals surface area contributed by atoms with E-state index in [0.29, 0.717) is 21.6 Å². The predicted molar refractivity (Wildman–Crippen MR) is 141 cm³/mol. The lowest BCUT2D eigenvalue weighted by atomic mass is 10.0. The maximum Gasteiger partial charge on any atom is 0.174 e. The van der Waals surface area contributed by atoms with Gasteiger partial charge in [-0.1, -0.05) is 29.8 Å². The molecule has 2 aromatic carbocycles. The number of aromatic nitrogens is 1. The molecule has 1 fully saturated rings. The van der Waals surface area contributed by atoms with Crippen LogP contribution in [0.15, 0.2) is 77.3 Å². The van der Waals surface area contributed by atoms with Crippen molar-refractivity contribution in [3.63, 3.8) is 0 Å². The number of furan rings is 1. The molecule has 0 saturated carbocycles. The molecule has 178 valence electrons. The zero-order valence-corrected chi connectivity index (χ0v) is 21.1. The van der Waals surface area contributed by atoms with Crippen LogP contribution in [0.4, 0.5) is 5.69 Å². The van der Waals surface area contributed by atoms with Crippen LogP contribution >= 0.6 is 23.8 Å². The molecule has 1 aliphatic heterocycles. The number of nitrogens with zero attached hydrogens (tertiary/aromatic N) is 2. The summed E-state index contributed by atoms with van der Waals surface area (Å²) in [6, 6.07) is 20.7. The van der Waals surface area contributed by atoms with Crippen LogP contribution in [0.25, 0.3) is 11.3 Å². The van der Waals surface area contributed by atoms with Crippen molar-refractivity contribution in [1.82, 2.24) is 10.3 Å². The fraction of sp³-hybridized carbons (Fsp3) is 0.185. The fourth-order valence-electron chi connectivity index (χ4n) is 4.30. The monoisotopic (exact) mass is 505 g/mol. The fourth-order valence-corrected chi connectivity index (χ4v) is 4.82. The Kier molecular flexibility index (Phi) is 6.36. The molecule has 2 aromatic heterocycles. The number of thiocarbonyl (C=S) groups is 1. The minimum Gasteiger partial charge on any atom is -0.497 e. The Bertz CT molecular complexity index is 1380. The Morgan fingerprint density at radius 2 is 1.89 bits per heavy atom. The van der Waals surface area contributed by atoms with Gasteiger partial charge < -0.3 is 24.1 Å². The number of halogens is 1. The maximum absolute atomic E-state index is 6.43. The van der Waals surface area contributed by atoms with Crippen LogP contribution in [0, 0.1) is 6.92 Å². The van der Waals surface area contributed by atoms with Gasteiger partial charge in [0.2, 0.25) is 0 Å². The number of ether oxygens (including phenoxy) is 2. The highest BCUT2D eigenvalue weighted by atomic mass is 35.5. The molecule has 0 spiro atoms. The van der Waals surface area contributed by atoms with Crippen LogP contribution in [0.1, 0.15) is 29.1 Å². The number of pyridine rings is 1. The van der Waals surface area contributed by atoms with Crippen LogP contribution in [-0.2, 0) is 0 Å². The van der Waals surface area contributed by atoms with Crippen molar-refractivity contribution in [3.8, 4) is 22.8 Å². The van der Waals surface area contributed by atoms with E-state index in [2.05, 4.69) is 10.3 Å². The summed E-state index contributed by atoms with van der Waals surface area (Å²) in [7, 11) is 3.26. The molecule has 2 atom stereocenters. The van der Waals surface area contributed by atoms with Crippen LogP contribution in [-0.4, -0.2) is 24.3 Å². The van der Waals surface area contributed by atoms with Gasteiger partial charge in [0.25, 0.3) is 0 Å². The molecule has 0 bridgehead atoms. The highest BCUT2D eigenvalue weighted by Gasteiger charge is 2.43. The lowest BCUT2D eigenvalue weighted by Crippen LogP contribution is -2.29. The van der Waals surface area contributed by atoms with Gasteiger partial charge in [-0.2, -0.15) is 0 Å². The molecule has 3 heterocycles. The van der Waals surface area contributed by atoms with Gasteiger partial charge in [-0.3, -0.25) is 4.98 Å². The van der Waals surface area contributed by atoms with Crippen LogP contribution in [0.3, 0.4) is 0 Å². The van der Waals surface area contributed by atoms with Gasteiger partial charge in [0, 0.05) is 22.8 Å². The molecule has 5 rings (SSSR count). The van der Waals surface area contributed by atoms with E-state index in [4.69, 9.17) is 37.7 Å². The first-order chi connectivity index (χ1) is 17.0. The number of nitrogens with one attached hydrogen (secondary N) is 1. The smallest absolute Gasteiger partial charge is 0.174 e. The third-order valence-corrected chi connectivity index (χ3v) is 6.84. The minimum atomic E-state index is -0.326. The highest BCUT2D eigenvalue weighted by molar-refractivity contribution is 7.80. The predicted octanol–water partition coefficient (Wildman–Crippen LogP) is 6.50. The number of methoxy groups -OCH3 is 2. The average Bonchev–Trinajstić information content (AvgIpc) is 3.50. The third kappa shape index (κ3) is 4.33. The first-order valence-electron chi connectivity index (χ1n) is 11.1. The number of aryl methyl sites for hydroxylation is 1. The van der Waals surface area contributed by atoms with E-state index in [-0.39, 0.29) is 12.1 Å². The van der Waals surface area contributed by atoms with Crippen LogP contribution in [0.5, 0.6) is 11.5 Å². The molecule has 0 aliphatic carbocycles. The Hall–Kier alpha value is -3.55. The second-order valence-electron chi connectivity index (χ2n) is 8.20.